The summed E-state index contributed by atoms with van der Waals surface area (Å²) in [4.78, 5) is 14.1. The Labute approximate surface area is 151 Å². The van der Waals surface area contributed by atoms with Gasteiger partial charge in [0.05, 0.1) is 33.6 Å². The number of hydrogen-bond acceptors (Lipinski definition) is 6. The fourth-order valence-electron chi connectivity index (χ4n) is 3.28. The van der Waals surface area contributed by atoms with Crippen LogP contribution in [-0.4, -0.2) is 49.7 Å². The first-order chi connectivity index (χ1) is 12.5. The summed E-state index contributed by atoms with van der Waals surface area (Å²) >= 11 is 0. The largest absolute Gasteiger partial charge is 0.493 e. The Bertz CT molecular complexity index is 784. The highest BCUT2D eigenvalue weighted by molar-refractivity contribution is 6.08. The first kappa shape index (κ1) is 18.0. The summed E-state index contributed by atoms with van der Waals surface area (Å²) in [6, 6.07) is 11.6. The van der Waals surface area contributed by atoms with Crippen LogP contribution in [0.2, 0.25) is 0 Å². The number of carbonyl (C=O) groups excluding carboxylic acids is 1. The molecule has 7 nitrogen and oxygen atoms in total. The Morgan fingerprint density at radius 2 is 1.62 bits per heavy atom. The van der Waals surface area contributed by atoms with Gasteiger partial charge in [-0.25, -0.2) is 0 Å². The van der Waals surface area contributed by atoms with Gasteiger partial charge in [-0.1, -0.05) is 30.3 Å². The van der Waals surface area contributed by atoms with Crippen LogP contribution in [0.1, 0.15) is 11.6 Å². The number of anilines is 1. The van der Waals surface area contributed by atoms with Gasteiger partial charge in [-0.15, -0.1) is 0 Å². The number of carbonyl (C=O) groups is 1. The maximum Gasteiger partial charge on any atom is 0.264 e. The summed E-state index contributed by atoms with van der Waals surface area (Å²) in [7, 11) is 4.46. The van der Waals surface area contributed by atoms with Crippen LogP contribution in [0.4, 0.5) is 5.69 Å². The molecule has 0 spiro atoms. The molecule has 1 fully saturated rings. The molecule has 26 heavy (non-hydrogen) atoms. The van der Waals surface area contributed by atoms with Crippen molar-refractivity contribution < 1.29 is 29.2 Å². The lowest BCUT2D eigenvalue weighted by atomic mass is 9.78. The van der Waals surface area contributed by atoms with E-state index in [1.807, 2.05) is 18.2 Å². The molecule has 2 atom stereocenters. The van der Waals surface area contributed by atoms with Gasteiger partial charge < -0.3 is 24.4 Å². The summed E-state index contributed by atoms with van der Waals surface area (Å²) in [5.41, 5.74) is -0.698. The Morgan fingerprint density at radius 3 is 2.08 bits per heavy atom. The standard InChI is InChI=1S/C19H21NO6/c1-24-14-9-13(10-15(25-2)16(14)26-3)20-17(12-7-5-4-6-8-12)19(23,11-21)18(20)22/h4-10,17,21,23H,11H2,1-3H3/t17-,19-/m0/s1. The Balaban J connectivity index is 2.11. The van der Waals surface area contributed by atoms with Gasteiger partial charge in [-0.2, -0.15) is 0 Å². The molecular formula is C19H21NO6. The molecule has 0 aliphatic carbocycles. The number of β-lactam (4-membered cyclic amide) rings is 1. The number of ether oxygens (including phenoxy) is 3. The summed E-state index contributed by atoms with van der Waals surface area (Å²) in [6.45, 7) is -0.674. The van der Waals surface area contributed by atoms with Crippen LogP contribution in [0.3, 0.4) is 0 Å². The molecule has 0 aromatic heterocycles. The quantitative estimate of drug-likeness (QED) is 0.761. The zero-order valence-electron chi connectivity index (χ0n) is 14.8. The lowest BCUT2D eigenvalue weighted by Gasteiger charge is -2.52. The van der Waals surface area contributed by atoms with Crippen molar-refractivity contribution in [1.29, 1.82) is 0 Å². The number of rotatable bonds is 6. The Morgan fingerprint density at radius 1 is 1.04 bits per heavy atom. The van der Waals surface area contributed by atoms with Gasteiger partial charge in [0.1, 0.15) is 6.04 Å². The second kappa shape index (κ2) is 6.86. The molecule has 1 saturated heterocycles. The molecule has 0 saturated carbocycles. The van der Waals surface area contributed by atoms with E-state index in [1.165, 1.54) is 26.2 Å². The fourth-order valence-corrected chi connectivity index (χ4v) is 3.28. The number of aliphatic hydroxyl groups is 2. The van der Waals surface area contributed by atoms with Gasteiger partial charge in [0.2, 0.25) is 5.75 Å². The highest BCUT2D eigenvalue weighted by Crippen LogP contribution is 2.49. The van der Waals surface area contributed by atoms with Crippen molar-refractivity contribution in [3.8, 4) is 17.2 Å². The number of hydrogen-bond donors (Lipinski definition) is 2. The lowest BCUT2D eigenvalue weighted by molar-refractivity contribution is -0.160. The number of aliphatic hydroxyl groups excluding tert-OH is 1. The van der Waals surface area contributed by atoms with Crippen LogP contribution in [0.15, 0.2) is 42.5 Å². The minimum Gasteiger partial charge on any atom is -0.493 e. The van der Waals surface area contributed by atoms with Crippen LogP contribution >= 0.6 is 0 Å². The molecule has 2 aromatic carbocycles. The van der Waals surface area contributed by atoms with E-state index in [-0.39, 0.29) is 0 Å². The van der Waals surface area contributed by atoms with Crippen molar-refractivity contribution in [2.24, 2.45) is 0 Å². The predicted octanol–water partition coefficient (Wildman–Crippen LogP) is 1.52. The van der Waals surface area contributed by atoms with Gasteiger partial charge in [0.15, 0.2) is 17.1 Å². The monoisotopic (exact) mass is 359 g/mol. The first-order valence-electron chi connectivity index (χ1n) is 8.03. The van der Waals surface area contributed by atoms with E-state index >= 15 is 0 Å². The molecule has 1 aliphatic rings. The second-order valence-corrected chi connectivity index (χ2v) is 5.95. The van der Waals surface area contributed by atoms with E-state index < -0.39 is 24.2 Å². The number of benzene rings is 2. The zero-order chi connectivity index (χ0) is 18.9. The average Bonchev–Trinajstić information content (AvgIpc) is 2.70. The average molecular weight is 359 g/mol. The lowest BCUT2D eigenvalue weighted by Crippen LogP contribution is -2.70. The molecule has 2 aromatic rings. The summed E-state index contributed by atoms with van der Waals surface area (Å²) < 4.78 is 16.0. The fraction of sp³-hybridized carbons (Fsp3) is 0.316. The third-order valence-corrected chi connectivity index (χ3v) is 4.58. The highest BCUT2D eigenvalue weighted by atomic mass is 16.5. The van der Waals surface area contributed by atoms with Crippen LogP contribution in [0.25, 0.3) is 0 Å². The summed E-state index contributed by atoms with van der Waals surface area (Å²) in [5.74, 6) is 0.588. The van der Waals surface area contributed by atoms with E-state index in [9.17, 15) is 15.0 Å². The molecule has 1 amide bonds. The van der Waals surface area contributed by atoms with Crippen molar-refractivity contribution in [2.45, 2.75) is 11.6 Å². The van der Waals surface area contributed by atoms with Crippen LogP contribution in [0.5, 0.6) is 17.2 Å². The maximum absolute atomic E-state index is 12.7. The van der Waals surface area contributed by atoms with Crippen molar-refractivity contribution in [2.75, 3.05) is 32.8 Å². The SMILES string of the molecule is COc1cc(N2C(=O)[C@](O)(CO)[C@@H]2c2ccccc2)cc(OC)c1OC. The van der Waals surface area contributed by atoms with Crippen LogP contribution in [0, 0.1) is 0 Å². The van der Waals surface area contributed by atoms with Gasteiger partial charge >= 0.3 is 0 Å². The number of amides is 1. The smallest absolute Gasteiger partial charge is 0.264 e. The van der Waals surface area contributed by atoms with E-state index in [2.05, 4.69) is 0 Å². The van der Waals surface area contributed by atoms with E-state index in [1.54, 1.807) is 24.3 Å². The molecule has 0 bridgehead atoms. The molecule has 138 valence electrons. The third kappa shape index (κ3) is 2.56. The van der Waals surface area contributed by atoms with Gasteiger partial charge in [-0.3, -0.25) is 9.69 Å². The molecule has 7 heteroatoms. The van der Waals surface area contributed by atoms with Crippen molar-refractivity contribution >= 4 is 11.6 Å². The third-order valence-electron chi connectivity index (χ3n) is 4.58. The second-order valence-electron chi connectivity index (χ2n) is 5.95. The summed E-state index contributed by atoms with van der Waals surface area (Å²) in [5, 5.41) is 20.3. The van der Waals surface area contributed by atoms with Crippen LogP contribution < -0.4 is 19.1 Å². The normalized spacial score (nSPS) is 22.0. The molecule has 0 unspecified atom stereocenters. The molecular weight excluding hydrogens is 338 g/mol. The van der Waals surface area contributed by atoms with Crippen molar-refractivity contribution in [1.82, 2.24) is 0 Å². The highest BCUT2D eigenvalue weighted by Gasteiger charge is 2.61. The molecule has 1 aliphatic heterocycles. The van der Waals surface area contributed by atoms with Crippen molar-refractivity contribution in [3.63, 3.8) is 0 Å². The van der Waals surface area contributed by atoms with Gasteiger partial charge in [0, 0.05) is 12.1 Å². The first-order valence-corrected chi connectivity index (χ1v) is 8.03. The summed E-state index contributed by atoms with van der Waals surface area (Å²) in [6.07, 6.45) is 0. The maximum atomic E-state index is 12.7. The minimum absolute atomic E-state index is 0.390. The van der Waals surface area contributed by atoms with E-state index in [0.29, 0.717) is 28.5 Å². The minimum atomic E-state index is -1.87. The Kier molecular flexibility index (Phi) is 4.76. The molecule has 1 heterocycles. The van der Waals surface area contributed by atoms with Gasteiger partial charge in [0.25, 0.3) is 5.91 Å². The van der Waals surface area contributed by atoms with Crippen LogP contribution in [-0.2, 0) is 4.79 Å². The predicted molar refractivity (Wildman–Crippen MR) is 94.8 cm³/mol. The molecule has 0 radical (unpaired) electrons. The number of nitrogens with zero attached hydrogens (tertiary/aromatic N) is 1. The topological polar surface area (TPSA) is 88.5 Å². The Hall–Kier alpha value is -2.77. The van der Waals surface area contributed by atoms with Crippen molar-refractivity contribution in [3.05, 3.63) is 48.0 Å². The van der Waals surface area contributed by atoms with E-state index in [4.69, 9.17) is 14.2 Å². The molecule has 3 rings (SSSR count). The zero-order valence-corrected chi connectivity index (χ0v) is 14.8. The van der Waals surface area contributed by atoms with E-state index in [0.717, 1.165) is 0 Å². The van der Waals surface area contributed by atoms with Gasteiger partial charge in [-0.05, 0) is 5.56 Å². The molecule has 2 N–H and O–H groups in total. The number of methoxy groups -OCH3 is 3.